The van der Waals surface area contributed by atoms with E-state index in [0.717, 1.165) is 12.8 Å². The van der Waals surface area contributed by atoms with Crippen LogP contribution in [0.2, 0.25) is 0 Å². The summed E-state index contributed by atoms with van der Waals surface area (Å²) in [5.74, 6) is 0. The molecule has 0 saturated carbocycles. The van der Waals surface area contributed by atoms with Gasteiger partial charge in [0.2, 0.25) is 0 Å². The Balaban J connectivity index is 0.918. The van der Waals surface area contributed by atoms with E-state index in [2.05, 4.69) is 267 Å². The molecule has 0 saturated heterocycles. The van der Waals surface area contributed by atoms with Crippen LogP contribution >= 0.6 is 0 Å². The van der Waals surface area contributed by atoms with E-state index in [1.165, 1.54) is 137 Å². The quantitative estimate of drug-likeness (QED) is 0.106. The van der Waals surface area contributed by atoms with Crippen LogP contribution in [0.4, 0.5) is 0 Å². The van der Waals surface area contributed by atoms with Crippen molar-refractivity contribution in [1.82, 2.24) is 4.57 Å². The number of para-hydroxylation sites is 2. The molecule has 0 N–H and O–H groups in total. The number of fused-ring (bicyclic) bond motifs is 13. The molecule has 13 aromatic rings. The largest absolute Gasteiger partial charge is 0.309 e. The van der Waals surface area contributed by atoms with Gasteiger partial charge in [-0.1, -0.05) is 232 Å². The van der Waals surface area contributed by atoms with Crippen molar-refractivity contribution in [3.05, 3.63) is 259 Å². The maximum absolute atomic E-state index is 2.50. The average molecular weight is 918 g/mol. The zero-order valence-electron chi connectivity index (χ0n) is 40.5. The average Bonchev–Trinajstić information content (AvgIpc) is 3.93. The lowest BCUT2D eigenvalue weighted by Gasteiger charge is -2.30. The molecule has 0 radical (unpaired) electrons. The van der Waals surface area contributed by atoms with Gasteiger partial charge in [0.15, 0.2) is 0 Å². The first-order chi connectivity index (χ1) is 35.6. The van der Waals surface area contributed by atoms with E-state index in [1.54, 1.807) is 0 Å². The van der Waals surface area contributed by atoms with E-state index < -0.39 is 0 Å². The molecule has 0 aliphatic heterocycles. The van der Waals surface area contributed by atoms with Gasteiger partial charge >= 0.3 is 0 Å². The highest BCUT2D eigenvalue weighted by molar-refractivity contribution is 6.33. The molecule has 0 unspecified atom stereocenters. The highest BCUT2D eigenvalue weighted by atomic mass is 15.0. The lowest BCUT2D eigenvalue weighted by Crippen LogP contribution is -2.23. The molecule has 1 heteroatoms. The molecule has 12 aromatic carbocycles. The maximum Gasteiger partial charge on any atom is 0.0541 e. The zero-order chi connectivity index (χ0) is 47.9. The van der Waals surface area contributed by atoms with Crippen LogP contribution in [-0.4, -0.2) is 4.57 Å². The molecule has 1 aliphatic rings. The summed E-state index contributed by atoms with van der Waals surface area (Å²) < 4.78 is 2.46. The Bertz CT molecular complexity index is 4280. The van der Waals surface area contributed by atoms with Gasteiger partial charge in [-0.05, 0) is 153 Å². The summed E-state index contributed by atoms with van der Waals surface area (Å²) in [5, 5.41) is 12.7. The van der Waals surface area contributed by atoms with Crippen LogP contribution in [0.1, 0.15) is 48.9 Å². The van der Waals surface area contributed by atoms with Crippen LogP contribution in [0.3, 0.4) is 0 Å². The van der Waals surface area contributed by atoms with E-state index in [1.807, 2.05) is 0 Å². The first kappa shape index (κ1) is 42.1. The van der Waals surface area contributed by atoms with Crippen LogP contribution in [0.15, 0.2) is 237 Å². The minimum atomic E-state index is -0.0931. The summed E-state index contributed by atoms with van der Waals surface area (Å²) in [6.07, 6.45) is 6.72. The first-order valence-corrected chi connectivity index (χ1v) is 25.6. The molecule has 1 heterocycles. The molecule has 1 aliphatic carbocycles. The summed E-state index contributed by atoms with van der Waals surface area (Å²) in [6, 6.07) is 88.3. The SMILES string of the molecule is CCC1(CC)c2cc(/C=C/c3ccc(-c4cc(-c5ccccc5)c5c6ccccc6c6ccccc6c5c4-c4ccccc4)c4ccccc34)ccc2-c2ccc(-n3c4ccccc4c4ccccc43)cc21. The fraction of sp³-hybridized carbons (Fsp3) is 0.0704. The standard InChI is InChI=1S/C71H51N/c1-3-71(4-2)64-43-46(36-40-56(64)57-42-39-50(44-65(57)71)72-66-33-19-17-29-58(66)59-30-18-20-34-67(59)72)35-37-48-38-41-55(52-26-12-11-25-51(48)52)63-45-62(47-21-7-5-8-22-47)69-60-31-15-13-27-53(60)54-28-14-16-32-61(54)70(69)68(63)49-23-9-6-10-24-49/h5-45H,3-4H2,1-2H3/b37-35+. The van der Waals surface area contributed by atoms with Gasteiger partial charge in [0.25, 0.3) is 0 Å². The summed E-state index contributed by atoms with van der Waals surface area (Å²) >= 11 is 0. The number of benzene rings is 12. The minimum Gasteiger partial charge on any atom is -0.309 e. The van der Waals surface area contributed by atoms with E-state index in [9.17, 15) is 0 Å². The van der Waals surface area contributed by atoms with Crippen molar-refractivity contribution < 1.29 is 0 Å². The van der Waals surface area contributed by atoms with Crippen molar-refractivity contribution in [2.75, 3.05) is 0 Å². The smallest absolute Gasteiger partial charge is 0.0541 e. The second-order valence-electron chi connectivity index (χ2n) is 19.7. The number of hydrogen-bond acceptors (Lipinski definition) is 0. The van der Waals surface area contributed by atoms with Gasteiger partial charge in [-0.15, -0.1) is 0 Å². The Kier molecular flexibility index (Phi) is 9.76. The Labute approximate surface area is 420 Å². The monoisotopic (exact) mass is 917 g/mol. The summed E-state index contributed by atoms with van der Waals surface area (Å²) in [7, 11) is 0. The third kappa shape index (κ3) is 6.27. The van der Waals surface area contributed by atoms with Crippen LogP contribution in [-0.2, 0) is 5.41 Å². The molecule has 340 valence electrons. The van der Waals surface area contributed by atoms with Crippen LogP contribution in [0.25, 0.3) is 127 Å². The second kappa shape index (κ2) is 16.7. The van der Waals surface area contributed by atoms with E-state index in [-0.39, 0.29) is 5.41 Å². The van der Waals surface area contributed by atoms with Gasteiger partial charge in [-0.25, -0.2) is 0 Å². The van der Waals surface area contributed by atoms with Crippen molar-refractivity contribution in [3.63, 3.8) is 0 Å². The lowest BCUT2D eigenvalue weighted by atomic mass is 9.73. The molecule has 0 spiro atoms. The van der Waals surface area contributed by atoms with Crippen molar-refractivity contribution in [1.29, 1.82) is 0 Å². The third-order valence-corrected chi connectivity index (χ3v) is 16.3. The molecule has 0 atom stereocenters. The van der Waals surface area contributed by atoms with Crippen LogP contribution in [0.5, 0.6) is 0 Å². The second-order valence-corrected chi connectivity index (χ2v) is 19.7. The highest BCUT2D eigenvalue weighted by Crippen LogP contribution is 2.54. The summed E-state index contributed by atoms with van der Waals surface area (Å²) in [4.78, 5) is 0. The normalized spacial score (nSPS) is 13.0. The van der Waals surface area contributed by atoms with Gasteiger partial charge in [0.1, 0.15) is 0 Å². The lowest BCUT2D eigenvalue weighted by molar-refractivity contribution is 0.490. The summed E-state index contributed by atoms with van der Waals surface area (Å²) in [5.41, 5.74) is 19.0. The molecule has 72 heavy (non-hydrogen) atoms. The number of nitrogens with zero attached hydrogens (tertiary/aromatic N) is 1. The fourth-order valence-electron chi connectivity index (χ4n) is 12.9. The molecule has 1 nitrogen and oxygen atoms in total. The van der Waals surface area contributed by atoms with Gasteiger partial charge in [-0.3, -0.25) is 0 Å². The van der Waals surface area contributed by atoms with Gasteiger partial charge < -0.3 is 4.57 Å². The van der Waals surface area contributed by atoms with Gasteiger partial charge in [0.05, 0.1) is 11.0 Å². The van der Waals surface area contributed by atoms with Crippen molar-refractivity contribution in [2.45, 2.75) is 32.1 Å². The summed E-state index contributed by atoms with van der Waals surface area (Å²) in [6.45, 7) is 4.75. The highest BCUT2D eigenvalue weighted by Gasteiger charge is 2.41. The molecular weight excluding hydrogens is 867 g/mol. The first-order valence-electron chi connectivity index (χ1n) is 25.6. The number of rotatable bonds is 8. The van der Waals surface area contributed by atoms with E-state index in [0.29, 0.717) is 0 Å². The van der Waals surface area contributed by atoms with Crippen LogP contribution in [0, 0.1) is 0 Å². The predicted molar refractivity (Wildman–Crippen MR) is 309 cm³/mol. The molecule has 0 bridgehead atoms. The molecule has 14 rings (SSSR count). The van der Waals surface area contributed by atoms with E-state index in [4.69, 9.17) is 0 Å². The minimum absolute atomic E-state index is 0.0931. The molecular formula is C71H51N. The van der Waals surface area contributed by atoms with Crippen molar-refractivity contribution in [2.24, 2.45) is 0 Å². The Hall–Kier alpha value is -8.78. The van der Waals surface area contributed by atoms with Gasteiger partial charge in [-0.2, -0.15) is 0 Å². The maximum atomic E-state index is 2.50. The zero-order valence-corrected chi connectivity index (χ0v) is 40.5. The third-order valence-electron chi connectivity index (χ3n) is 16.3. The number of hydrogen-bond donors (Lipinski definition) is 0. The van der Waals surface area contributed by atoms with E-state index >= 15 is 0 Å². The predicted octanol–water partition coefficient (Wildman–Crippen LogP) is 19.7. The molecule has 0 amide bonds. The molecule has 0 fully saturated rings. The Morgan fingerprint density at radius 1 is 0.347 bits per heavy atom. The van der Waals surface area contributed by atoms with Gasteiger partial charge in [0, 0.05) is 21.9 Å². The Morgan fingerprint density at radius 2 is 0.847 bits per heavy atom. The van der Waals surface area contributed by atoms with Crippen molar-refractivity contribution >= 4 is 77.0 Å². The fourth-order valence-corrected chi connectivity index (χ4v) is 12.9. The molecule has 1 aromatic heterocycles. The van der Waals surface area contributed by atoms with Crippen molar-refractivity contribution in [3.8, 4) is 50.2 Å². The topological polar surface area (TPSA) is 4.93 Å². The number of aromatic nitrogens is 1. The Morgan fingerprint density at radius 3 is 1.49 bits per heavy atom. The van der Waals surface area contributed by atoms with Crippen LogP contribution < -0.4 is 0 Å².